The van der Waals surface area contributed by atoms with Gasteiger partial charge in [-0.05, 0) is 12.0 Å². The number of carbonyl (C=O) groups is 1. The number of benzene rings is 1. The zero-order valence-electron chi connectivity index (χ0n) is 8.34. The lowest BCUT2D eigenvalue weighted by atomic mass is 10.1. The topological polar surface area (TPSA) is 86.2 Å². The third-order valence-corrected chi connectivity index (χ3v) is 1.75. The number of non-ortho nitro benzene ring substituents is 1. The van der Waals surface area contributed by atoms with Gasteiger partial charge in [-0.15, -0.1) is 0 Å². The molecule has 0 fully saturated rings. The number of hydrogen-bond acceptors (Lipinski definition) is 4. The highest BCUT2D eigenvalue weighted by molar-refractivity contribution is 5.57. The molecule has 74 valence electrons. The van der Waals surface area contributed by atoms with Gasteiger partial charge in [0.2, 0.25) is 0 Å². The second kappa shape index (κ2) is 4.48. The van der Waals surface area contributed by atoms with Crippen molar-refractivity contribution in [1.82, 2.24) is 0 Å². The average molecular weight is 195 g/mol. The van der Waals surface area contributed by atoms with E-state index in [0.29, 0.717) is 5.56 Å². The van der Waals surface area contributed by atoms with Crippen molar-refractivity contribution in [3.8, 4) is 0 Å². The van der Waals surface area contributed by atoms with Gasteiger partial charge in [-0.3, -0.25) is 10.1 Å². The molecule has 5 heteroatoms. The second-order valence-electron chi connectivity index (χ2n) is 2.85. The molecule has 0 saturated heterocycles. The summed E-state index contributed by atoms with van der Waals surface area (Å²) in [7, 11) is 0. The highest BCUT2D eigenvalue weighted by Crippen LogP contribution is 2.12. The Kier molecular flexibility index (Phi) is 2.82. The van der Waals surface area contributed by atoms with Gasteiger partial charge >= 0.3 is 0 Å². The minimum Gasteiger partial charge on any atom is -0.321 e. The molecule has 0 spiro atoms. The van der Waals surface area contributed by atoms with E-state index < -0.39 is 17.2 Å². The van der Waals surface area contributed by atoms with E-state index in [4.69, 9.17) is 7.10 Å². The molecular weight excluding hydrogens is 184 g/mol. The summed E-state index contributed by atoms with van der Waals surface area (Å²) < 4.78 is 6.77. The lowest BCUT2D eigenvalue weighted by molar-refractivity contribution is -0.384. The normalized spacial score (nSPS) is 13.1. The van der Waals surface area contributed by atoms with Crippen molar-refractivity contribution >= 4 is 11.9 Å². The standard InChI is InChI=1S/C9H10N2O3/c10-8(6-12)5-7-1-3-9(4-2-7)11(13)14/h1-4,6,8H,5,10H2/t8-/m0/s1/i6D. The van der Waals surface area contributed by atoms with Crippen LogP contribution in [0.5, 0.6) is 0 Å². The molecule has 1 aromatic rings. The van der Waals surface area contributed by atoms with Crippen LogP contribution in [0.15, 0.2) is 24.3 Å². The predicted octanol–water partition coefficient (Wildman–Crippen LogP) is 0.663. The number of nitro benzene ring substituents is 1. The molecule has 0 bridgehead atoms. The van der Waals surface area contributed by atoms with Crippen LogP contribution in [0.2, 0.25) is 0 Å². The molecule has 1 atom stereocenters. The van der Waals surface area contributed by atoms with E-state index in [1.54, 1.807) is 0 Å². The van der Waals surface area contributed by atoms with Gasteiger partial charge in [0.15, 0.2) is 0 Å². The first-order chi connectivity index (χ1) is 7.00. The van der Waals surface area contributed by atoms with Crippen molar-refractivity contribution in [2.24, 2.45) is 5.73 Å². The monoisotopic (exact) mass is 195 g/mol. The fourth-order valence-corrected chi connectivity index (χ4v) is 1.05. The molecule has 0 aliphatic heterocycles. The minimum absolute atomic E-state index is 0.00970. The zero-order chi connectivity index (χ0) is 11.4. The van der Waals surface area contributed by atoms with Crippen molar-refractivity contribution in [3.63, 3.8) is 0 Å². The Morgan fingerprint density at radius 3 is 2.57 bits per heavy atom. The molecule has 0 saturated carbocycles. The number of aldehydes is 1. The number of rotatable bonds is 4. The number of nitro groups is 1. The van der Waals surface area contributed by atoms with Crippen molar-refractivity contribution in [3.05, 3.63) is 39.9 Å². The highest BCUT2D eigenvalue weighted by atomic mass is 16.6. The van der Waals surface area contributed by atoms with Crippen molar-refractivity contribution in [2.45, 2.75) is 12.5 Å². The van der Waals surface area contributed by atoms with E-state index in [2.05, 4.69) is 0 Å². The molecule has 5 nitrogen and oxygen atoms in total. The molecule has 0 amide bonds. The molecule has 0 radical (unpaired) electrons. The molecule has 2 N–H and O–H groups in total. The Morgan fingerprint density at radius 2 is 2.14 bits per heavy atom. The van der Waals surface area contributed by atoms with Crippen LogP contribution in [-0.4, -0.2) is 17.2 Å². The van der Waals surface area contributed by atoms with Gasteiger partial charge in [-0.1, -0.05) is 12.1 Å². The van der Waals surface area contributed by atoms with Crippen LogP contribution < -0.4 is 5.73 Å². The highest BCUT2D eigenvalue weighted by Gasteiger charge is 2.06. The van der Waals surface area contributed by atoms with E-state index in [1.807, 2.05) is 0 Å². The first-order valence-corrected chi connectivity index (χ1v) is 4.00. The molecule has 1 aromatic carbocycles. The SMILES string of the molecule is [2H]C(=O)[C@@H](N)Cc1ccc([N+](=O)[O-])cc1. The van der Waals surface area contributed by atoms with Gasteiger partial charge in [-0.2, -0.15) is 0 Å². The summed E-state index contributed by atoms with van der Waals surface area (Å²) in [5.41, 5.74) is 6.07. The molecule has 0 unspecified atom stereocenters. The quantitative estimate of drug-likeness (QED) is 0.434. The van der Waals surface area contributed by atoms with E-state index >= 15 is 0 Å². The summed E-state index contributed by atoms with van der Waals surface area (Å²) in [4.78, 5) is 20.4. The van der Waals surface area contributed by atoms with E-state index in [9.17, 15) is 14.9 Å². The number of carbonyl (C=O) groups excluding carboxylic acids is 1. The van der Waals surface area contributed by atoms with Crippen LogP contribution in [-0.2, 0) is 11.2 Å². The van der Waals surface area contributed by atoms with Crippen LogP contribution in [0.25, 0.3) is 0 Å². The Labute approximate surface area is 82.1 Å². The maximum Gasteiger partial charge on any atom is 0.269 e. The van der Waals surface area contributed by atoms with Gasteiger partial charge in [0.1, 0.15) is 7.63 Å². The Morgan fingerprint density at radius 1 is 1.57 bits per heavy atom. The Hall–Kier alpha value is -1.75. The summed E-state index contributed by atoms with van der Waals surface area (Å²) in [6, 6.07) is 4.88. The van der Waals surface area contributed by atoms with Crippen LogP contribution in [0.3, 0.4) is 0 Å². The van der Waals surface area contributed by atoms with Crippen molar-refractivity contribution in [1.29, 1.82) is 0 Å². The predicted molar refractivity (Wildman–Crippen MR) is 50.8 cm³/mol. The first kappa shape index (κ1) is 8.83. The molecule has 0 heterocycles. The molecule has 0 aromatic heterocycles. The molecule has 0 aliphatic rings. The van der Waals surface area contributed by atoms with Gasteiger partial charge in [0, 0.05) is 12.1 Å². The Balaban J connectivity index is 2.72. The van der Waals surface area contributed by atoms with Gasteiger partial charge in [-0.25, -0.2) is 0 Å². The van der Waals surface area contributed by atoms with Gasteiger partial charge in [0.05, 0.1) is 11.0 Å². The van der Waals surface area contributed by atoms with E-state index in [0.717, 1.165) is 0 Å². The van der Waals surface area contributed by atoms with E-state index in [1.165, 1.54) is 24.3 Å². The summed E-state index contributed by atoms with van der Waals surface area (Å²) >= 11 is 0. The Bertz CT molecular complexity index is 377. The molecule has 1 rings (SSSR count). The number of nitrogens with zero attached hydrogens (tertiary/aromatic N) is 1. The maximum atomic E-state index is 10.6. The average Bonchev–Trinajstić information content (AvgIpc) is 2.18. The van der Waals surface area contributed by atoms with Crippen molar-refractivity contribution < 1.29 is 11.1 Å². The summed E-state index contributed by atoms with van der Waals surface area (Å²) in [5.74, 6) is 0. The van der Waals surface area contributed by atoms with Gasteiger partial charge < -0.3 is 10.5 Å². The second-order valence-corrected chi connectivity index (χ2v) is 2.85. The summed E-state index contributed by atoms with van der Waals surface area (Å²) in [6.45, 7) is 0. The minimum atomic E-state index is -0.869. The molecular formula is C9H10N2O3. The fraction of sp³-hybridized carbons (Fsp3) is 0.222. The largest absolute Gasteiger partial charge is 0.321 e. The molecule has 14 heavy (non-hydrogen) atoms. The zero-order valence-corrected chi connectivity index (χ0v) is 7.34. The van der Waals surface area contributed by atoms with Crippen LogP contribution in [0, 0.1) is 10.1 Å². The van der Waals surface area contributed by atoms with Crippen LogP contribution in [0.1, 0.15) is 6.93 Å². The van der Waals surface area contributed by atoms with Crippen LogP contribution >= 0.6 is 0 Å². The number of hydrogen-bond donors (Lipinski definition) is 1. The van der Waals surface area contributed by atoms with Gasteiger partial charge in [0.25, 0.3) is 5.69 Å². The van der Waals surface area contributed by atoms with Crippen LogP contribution in [0.4, 0.5) is 5.69 Å². The first-order valence-electron chi connectivity index (χ1n) is 4.50. The fourth-order valence-electron chi connectivity index (χ4n) is 1.05. The summed E-state index contributed by atoms with van der Waals surface area (Å²) in [6.07, 6.45) is -0.617. The third kappa shape index (κ3) is 2.63. The lowest BCUT2D eigenvalue weighted by Crippen LogP contribution is -2.23. The number of nitrogens with two attached hydrogens (primary N) is 1. The lowest BCUT2D eigenvalue weighted by Gasteiger charge is -2.02. The smallest absolute Gasteiger partial charge is 0.269 e. The van der Waals surface area contributed by atoms with Crippen molar-refractivity contribution in [2.75, 3.05) is 0 Å². The van der Waals surface area contributed by atoms with E-state index in [-0.39, 0.29) is 12.1 Å². The summed E-state index contributed by atoms with van der Waals surface area (Å²) in [5, 5.41) is 10.3. The molecule has 0 aliphatic carbocycles. The maximum absolute atomic E-state index is 10.6. The third-order valence-electron chi connectivity index (χ3n) is 1.75.